The Morgan fingerprint density at radius 2 is 1.80 bits per heavy atom. The quantitative estimate of drug-likeness (QED) is 0.494. The molecule has 3 N–H and O–H groups in total. The first-order valence-electron chi connectivity index (χ1n) is 1.47. The van der Waals surface area contributed by atoms with Gasteiger partial charge in [-0.3, -0.25) is 0 Å². The van der Waals surface area contributed by atoms with Gasteiger partial charge in [0.2, 0.25) is 0 Å². The van der Waals surface area contributed by atoms with Gasteiger partial charge in [-0.05, 0) is 10.8 Å². The molecule has 0 bridgehead atoms. The topological polar surface area (TPSA) is 35.0 Å². The van der Waals surface area contributed by atoms with E-state index >= 15 is 0 Å². The Labute approximate surface area is 46.9 Å². The molecular weight excluding hydrogens is 177 g/mol. The van der Waals surface area contributed by atoms with Gasteiger partial charge in [0.15, 0.2) is 0 Å². The minimum Gasteiger partial charge on any atom is -0.344 e. The molecule has 0 aliphatic carbocycles. The van der Waals surface area contributed by atoms with Gasteiger partial charge in [0.25, 0.3) is 0 Å². The first-order chi connectivity index (χ1) is 1.91. The van der Waals surface area contributed by atoms with Gasteiger partial charge in [-0.2, -0.15) is 0 Å². The maximum atomic E-state index is 2.35. The molecule has 34 valence electrons. The molecule has 0 radical (unpaired) electrons. The molecule has 0 aromatic heterocycles. The Bertz CT molecular complexity index is 8.85. The highest BCUT2D eigenvalue weighted by atomic mass is 127. The lowest BCUT2D eigenvalue weighted by atomic mass is 10.6. The third kappa shape index (κ3) is 11.9. The molecular formula is C3H10IN. The summed E-state index contributed by atoms with van der Waals surface area (Å²) in [6.45, 7) is 2.17. The molecule has 0 atom stereocenters. The molecule has 0 fully saturated rings. The number of hydrogen-bond donors (Lipinski definition) is 1. The fourth-order valence-corrected chi connectivity index (χ4v) is 0. The summed E-state index contributed by atoms with van der Waals surface area (Å²) < 4.78 is 1.29. The normalized spacial score (nSPS) is 6.00. The van der Waals surface area contributed by atoms with Gasteiger partial charge in [-0.25, -0.2) is 0 Å². The van der Waals surface area contributed by atoms with Gasteiger partial charge >= 0.3 is 0 Å². The smallest absolute Gasteiger partial charge is 0.000735 e. The molecule has 0 aromatic carbocycles. The molecule has 0 spiro atoms. The Kier molecular flexibility index (Phi) is 16.2. The maximum absolute atomic E-state index is 2.35. The van der Waals surface area contributed by atoms with Crippen molar-refractivity contribution < 1.29 is 0 Å². The van der Waals surface area contributed by atoms with Crippen LogP contribution in [-0.2, 0) is 0 Å². The molecule has 0 saturated carbocycles. The van der Waals surface area contributed by atoms with Crippen molar-refractivity contribution >= 4 is 22.6 Å². The number of hydrogen-bond acceptors (Lipinski definition) is 1. The summed E-state index contributed by atoms with van der Waals surface area (Å²) in [5, 5.41) is 0. The van der Waals surface area contributed by atoms with Crippen molar-refractivity contribution in [2.45, 2.75) is 13.3 Å². The molecule has 0 amide bonds. The highest BCUT2D eigenvalue weighted by molar-refractivity contribution is 14.1. The molecule has 0 unspecified atom stereocenters. The molecule has 0 aliphatic rings. The molecule has 0 rings (SSSR count). The first kappa shape index (κ1) is 9.19. The van der Waals surface area contributed by atoms with E-state index in [0.29, 0.717) is 0 Å². The van der Waals surface area contributed by atoms with Gasteiger partial charge in [0, 0.05) is 0 Å². The van der Waals surface area contributed by atoms with Crippen LogP contribution >= 0.6 is 22.6 Å². The second kappa shape index (κ2) is 8.83. The van der Waals surface area contributed by atoms with Gasteiger partial charge < -0.3 is 6.15 Å². The van der Waals surface area contributed by atoms with Crippen LogP contribution in [0.3, 0.4) is 0 Å². The Morgan fingerprint density at radius 1 is 1.60 bits per heavy atom. The van der Waals surface area contributed by atoms with Crippen LogP contribution in [0.2, 0.25) is 0 Å². The summed E-state index contributed by atoms with van der Waals surface area (Å²) in [4.78, 5) is 0. The van der Waals surface area contributed by atoms with Crippen LogP contribution in [-0.4, -0.2) is 4.43 Å². The highest BCUT2D eigenvalue weighted by Gasteiger charge is 1.58. The SMILES string of the molecule is CCCI.N. The Balaban J connectivity index is 0. The summed E-state index contributed by atoms with van der Waals surface area (Å²) in [5.74, 6) is 0. The van der Waals surface area contributed by atoms with Crippen molar-refractivity contribution in [1.82, 2.24) is 6.15 Å². The van der Waals surface area contributed by atoms with Crippen molar-refractivity contribution in [2.75, 3.05) is 4.43 Å². The summed E-state index contributed by atoms with van der Waals surface area (Å²) in [6.07, 6.45) is 1.31. The minimum atomic E-state index is 0. The monoisotopic (exact) mass is 187 g/mol. The lowest BCUT2D eigenvalue weighted by Crippen LogP contribution is -1.54. The largest absolute Gasteiger partial charge is 0.344 e. The Hall–Kier alpha value is 0.690. The van der Waals surface area contributed by atoms with Crippen LogP contribution in [0.5, 0.6) is 0 Å². The zero-order valence-electron chi connectivity index (χ0n) is 3.50. The van der Waals surface area contributed by atoms with Gasteiger partial charge in [-0.1, -0.05) is 29.5 Å². The van der Waals surface area contributed by atoms with Gasteiger partial charge in [0.1, 0.15) is 0 Å². The molecule has 0 saturated heterocycles. The van der Waals surface area contributed by atoms with Crippen molar-refractivity contribution in [2.24, 2.45) is 0 Å². The predicted octanol–water partition coefficient (Wildman–Crippen LogP) is 1.99. The fraction of sp³-hybridized carbons (Fsp3) is 1.00. The molecule has 0 aromatic rings. The molecule has 0 heterocycles. The third-order valence-corrected chi connectivity index (χ3v) is 1.27. The zero-order valence-corrected chi connectivity index (χ0v) is 5.66. The number of alkyl halides is 1. The second-order valence-electron chi connectivity index (χ2n) is 0.689. The summed E-state index contributed by atoms with van der Waals surface area (Å²) in [6, 6.07) is 0. The van der Waals surface area contributed by atoms with Crippen LogP contribution in [0.4, 0.5) is 0 Å². The lowest BCUT2D eigenvalue weighted by molar-refractivity contribution is 1.13. The van der Waals surface area contributed by atoms with E-state index in [1.807, 2.05) is 0 Å². The standard InChI is InChI=1S/C3H7I.H3N/c1-2-3-4;/h2-3H2,1H3;1H3. The van der Waals surface area contributed by atoms with Crippen LogP contribution in [0.25, 0.3) is 0 Å². The van der Waals surface area contributed by atoms with Crippen molar-refractivity contribution in [3.63, 3.8) is 0 Å². The summed E-state index contributed by atoms with van der Waals surface area (Å²) in [5.41, 5.74) is 0. The maximum Gasteiger partial charge on any atom is -0.000735 e. The zero-order chi connectivity index (χ0) is 3.41. The summed E-state index contributed by atoms with van der Waals surface area (Å²) in [7, 11) is 0. The highest BCUT2D eigenvalue weighted by Crippen LogP contribution is 1.81. The Morgan fingerprint density at radius 3 is 1.80 bits per heavy atom. The third-order valence-electron chi connectivity index (χ3n) is 0.189. The van der Waals surface area contributed by atoms with E-state index < -0.39 is 0 Å². The van der Waals surface area contributed by atoms with Crippen LogP contribution in [0, 0.1) is 0 Å². The van der Waals surface area contributed by atoms with Gasteiger partial charge in [0.05, 0.1) is 0 Å². The van der Waals surface area contributed by atoms with Gasteiger partial charge in [-0.15, -0.1) is 0 Å². The average Bonchev–Trinajstić information content (AvgIpc) is 1.37. The van der Waals surface area contributed by atoms with Crippen molar-refractivity contribution in [1.29, 1.82) is 0 Å². The molecule has 2 heteroatoms. The van der Waals surface area contributed by atoms with Crippen LogP contribution in [0.1, 0.15) is 13.3 Å². The minimum absolute atomic E-state index is 0. The van der Waals surface area contributed by atoms with E-state index in [9.17, 15) is 0 Å². The fourth-order valence-electron chi connectivity index (χ4n) is 0. The molecule has 1 nitrogen and oxygen atoms in total. The second-order valence-corrected chi connectivity index (χ2v) is 1.77. The van der Waals surface area contributed by atoms with Crippen LogP contribution in [0.15, 0.2) is 0 Å². The van der Waals surface area contributed by atoms with E-state index in [2.05, 4.69) is 29.5 Å². The van der Waals surface area contributed by atoms with E-state index in [1.165, 1.54) is 10.8 Å². The molecule has 0 aliphatic heterocycles. The predicted molar refractivity (Wildman–Crippen MR) is 34.2 cm³/mol. The number of rotatable bonds is 1. The van der Waals surface area contributed by atoms with E-state index in [0.717, 1.165) is 0 Å². The van der Waals surface area contributed by atoms with E-state index in [1.54, 1.807) is 0 Å². The average molecular weight is 187 g/mol. The van der Waals surface area contributed by atoms with Crippen molar-refractivity contribution in [3.05, 3.63) is 0 Å². The molecule has 5 heavy (non-hydrogen) atoms. The lowest BCUT2D eigenvalue weighted by Gasteiger charge is -1.66. The van der Waals surface area contributed by atoms with E-state index in [4.69, 9.17) is 0 Å². The van der Waals surface area contributed by atoms with Crippen LogP contribution < -0.4 is 6.15 Å². The summed E-state index contributed by atoms with van der Waals surface area (Å²) >= 11 is 2.35. The van der Waals surface area contributed by atoms with Crippen molar-refractivity contribution in [3.8, 4) is 0 Å². The number of halogens is 1. The first-order valence-corrected chi connectivity index (χ1v) is 3.00. The van der Waals surface area contributed by atoms with E-state index in [-0.39, 0.29) is 6.15 Å².